The molecule has 2 N–H and O–H groups in total. The van der Waals surface area contributed by atoms with Gasteiger partial charge in [0, 0.05) is 11.7 Å². The van der Waals surface area contributed by atoms with Gasteiger partial charge < -0.3 is 10.1 Å². The molecule has 0 spiro atoms. The maximum Gasteiger partial charge on any atom is 0.240 e. The third-order valence-electron chi connectivity index (χ3n) is 3.89. The van der Waals surface area contributed by atoms with E-state index in [1.165, 1.54) is 25.4 Å². The normalized spacial score (nSPS) is 19.3. The van der Waals surface area contributed by atoms with Gasteiger partial charge in [-0.1, -0.05) is 0 Å². The second-order valence-corrected chi connectivity index (χ2v) is 7.48. The molecule has 10 heteroatoms. The average Bonchev–Trinajstić information content (AvgIpc) is 2.60. The highest BCUT2D eigenvalue weighted by atomic mass is 32.2. The van der Waals surface area contributed by atoms with Crippen LogP contribution < -0.4 is 14.8 Å². The lowest BCUT2D eigenvalue weighted by atomic mass is 9.92. The van der Waals surface area contributed by atoms with Gasteiger partial charge in [-0.3, -0.25) is 0 Å². The molecule has 1 heterocycles. The zero-order chi connectivity index (χ0) is 18.7. The second-order valence-electron chi connectivity index (χ2n) is 5.76. The van der Waals surface area contributed by atoms with Gasteiger partial charge in [0.15, 0.2) is 0 Å². The smallest absolute Gasteiger partial charge is 0.240 e. The van der Waals surface area contributed by atoms with Crippen LogP contribution in [0.25, 0.3) is 0 Å². The molecule has 1 aliphatic rings. The lowest BCUT2D eigenvalue weighted by Crippen LogP contribution is -2.45. The SMILES string of the molecule is COc1nc(Nc2ccc(S(=O)(=O)NC3CC(F)C3)cc2)ncc1C#N. The van der Waals surface area contributed by atoms with Gasteiger partial charge >= 0.3 is 0 Å². The molecule has 2 aromatic rings. The summed E-state index contributed by atoms with van der Waals surface area (Å²) < 4.78 is 44.8. The molecule has 136 valence electrons. The molecule has 8 nitrogen and oxygen atoms in total. The summed E-state index contributed by atoms with van der Waals surface area (Å²) in [5.74, 6) is 0.345. The Hall–Kier alpha value is -2.77. The Kier molecular flexibility index (Phi) is 5.01. The number of anilines is 2. The van der Waals surface area contributed by atoms with Crippen LogP contribution in [0, 0.1) is 11.3 Å². The molecule has 0 bridgehead atoms. The van der Waals surface area contributed by atoms with Gasteiger partial charge in [0.1, 0.15) is 17.8 Å². The van der Waals surface area contributed by atoms with Crippen molar-refractivity contribution >= 4 is 21.7 Å². The molecule has 0 unspecified atom stereocenters. The van der Waals surface area contributed by atoms with Crippen molar-refractivity contribution in [1.82, 2.24) is 14.7 Å². The van der Waals surface area contributed by atoms with Crippen molar-refractivity contribution in [3.63, 3.8) is 0 Å². The monoisotopic (exact) mass is 377 g/mol. The van der Waals surface area contributed by atoms with E-state index in [0.717, 1.165) is 0 Å². The first-order valence-electron chi connectivity index (χ1n) is 7.76. The van der Waals surface area contributed by atoms with Crippen LogP contribution in [0.15, 0.2) is 35.4 Å². The maximum absolute atomic E-state index is 12.8. The number of hydrogen-bond acceptors (Lipinski definition) is 7. The fraction of sp³-hybridized carbons (Fsp3) is 0.312. The Bertz CT molecular complexity index is 937. The number of nitrogens with zero attached hydrogens (tertiary/aromatic N) is 3. The molecule has 0 saturated heterocycles. The van der Waals surface area contributed by atoms with E-state index in [0.29, 0.717) is 5.69 Å². The Balaban J connectivity index is 1.71. The van der Waals surface area contributed by atoms with E-state index in [4.69, 9.17) is 10.00 Å². The topological polar surface area (TPSA) is 117 Å². The molecule has 26 heavy (non-hydrogen) atoms. The Morgan fingerprint density at radius 3 is 2.58 bits per heavy atom. The highest BCUT2D eigenvalue weighted by Gasteiger charge is 2.32. The largest absolute Gasteiger partial charge is 0.480 e. The summed E-state index contributed by atoms with van der Waals surface area (Å²) in [5.41, 5.74) is 0.764. The van der Waals surface area contributed by atoms with Crippen LogP contribution in [0.2, 0.25) is 0 Å². The lowest BCUT2D eigenvalue weighted by molar-refractivity contribution is 0.171. The number of alkyl halides is 1. The summed E-state index contributed by atoms with van der Waals surface area (Å²) in [6.07, 6.45) is 0.805. The number of aromatic nitrogens is 2. The molecule has 1 aromatic carbocycles. The van der Waals surface area contributed by atoms with Crippen LogP contribution in [-0.4, -0.2) is 37.7 Å². The predicted octanol–water partition coefficient (Wildman–Crippen LogP) is 1.88. The number of methoxy groups -OCH3 is 1. The van der Waals surface area contributed by atoms with Crippen molar-refractivity contribution in [2.24, 2.45) is 0 Å². The van der Waals surface area contributed by atoms with Gasteiger partial charge in [-0.15, -0.1) is 0 Å². The number of rotatable bonds is 6. The highest BCUT2D eigenvalue weighted by Crippen LogP contribution is 2.25. The lowest BCUT2D eigenvalue weighted by Gasteiger charge is -2.29. The van der Waals surface area contributed by atoms with Gasteiger partial charge in [0.2, 0.25) is 21.9 Å². The predicted molar refractivity (Wildman–Crippen MR) is 91.3 cm³/mol. The summed E-state index contributed by atoms with van der Waals surface area (Å²) in [6, 6.07) is 7.53. The fourth-order valence-electron chi connectivity index (χ4n) is 2.44. The van der Waals surface area contributed by atoms with Gasteiger partial charge in [-0.05, 0) is 37.1 Å². The van der Waals surface area contributed by atoms with Crippen molar-refractivity contribution in [2.45, 2.75) is 30.0 Å². The average molecular weight is 377 g/mol. The molecule has 0 atom stereocenters. The van der Waals surface area contributed by atoms with Crippen molar-refractivity contribution in [3.8, 4) is 11.9 Å². The fourth-order valence-corrected chi connectivity index (χ4v) is 3.70. The van der Waals surface area contributed by atoms with E-state index in [9.17, 15) is 12.8 Å². The summed E-state index contributed by atoms with van der Waals surface area (Å²) in [4.78, 5) is 8.15. The van der Waals surface area contributed by atoms with E-state index in [1.807, 2.05) is 6.07 Å². The minimum Gasteiger partial charge on any atom is -0.480 e. The quantitative estimate of drug-likeness (QED) is 0.789. The molecular formula is C16H16FN5O3S. The van der Waals surface area contributed by atoms with E-state index in [2.05, 4.69) is 20.0 Å². The first kappa shape index (κ1) is 18.0. The Morgan fingerprint density at radius 2 is 2.00 bits per heavy atom. The van der Waals surface area contributed by atoms with Crippen molar-refractivity contribution < 1.29 is 17.5 Å². The van der Waals surface area contributed by atoms with E-state index in [1.54, 1.807) is 12.1 Å². The van der Waals surface area contributed by atoms with Crippen LogP contribution in [0.5, 0.6) is 5.88 Å². The molecule has 0 radical (unpaired) electrons. The molecule has 1 fully saturated rings. The van der Waals surface area contributed by atoms with Crippen LogP contribution in [0.4, 0.5) is 16.0 Å². The molecule has 1 saturated carbocycles. The number of nitrogens with one attached hydrogen (secondary N) is 2. The Labute approximate surface area is 150 Å². The molecule has 0 aliphatic heterocycles. The first-order chi connectivity index (χ1) is 12.4. The second kappa shape index (κ2) is 7.23. The first-order valence-corrected chi connectivity index (χ1v) is 9.24. The van der Waals surface area contributed by atoms with E-state index >= 15 is 0 Å². The van der Waals surface area contributed by atoms with Crippen molar-refractivity contribution in [3.05, 3.63) is 36.0 Å². The molecule has 1 aliphatic carbocycles. The number of benzene rings is 1. The summed E-state index contributed by atoms with van der Waals surface area (Å²) >= 11 is 0. The number of halogens is 1. The molecule has 3 rings (SSSR count). The van der Waals surface area contributed by atoms with E-state index in [-0.39, 0.29) is 41.2 Å². The minimum absolute atomic E-state index is 0.0867. The standard InChI is InChI=1S/C16H16FN5O3S/c1-25-15-10(8-18)9-19-16(21-15)20-12-2-4-14(5-3-12)26(23,24)22-13-6-11(17)7-13/h2-5,9,11,13,22H,6-7H2,1H3,(H,19,20,21). The zero-order valence-electron chi connectivity index (χ0n) is 13.8. The number of nitriles is 1. The minimum atomic E-state index is -3.68. The zero-order valence-corrected chi connectivity index (χ0v) is 14.6. The third kappa shape index (κ3) is 3.89. The Morgan fingerprint density at radius 1 is 1.31 bits per heavy atom. The maximum atomic E-state index is 12.8. The van der Waals surface area contributed by atoms with Crippen LogP contribution >= 0.6 is 0 Å². The van der Waals surface area contributed by atoms with Gasteiger partial charge in [-0.2, -0.15) is 10.2 Å². The van der Waals surface area contributed by atoms with Crippen LogP contribution in [-0.2, 0) is 10.0 Å². The van der Waals surface area contributed by atoms with Gasteiger partial charge in [-0.25, -0.2) is 22.5 Å². The van der Waals surface area contributed by atoms with E-state index < -0.39 is 16.2 Å². The van der Waals surface area contributed by atoms with Gasteiger partial charge in [0.05, 0.1) is 18.2 Å². The number of ether oxygens (including phenoxy) is 1. The molecular weight excluding hydrogens is 361 g/mol. The van der Waals surface area contributed by atoms with Crippen LogP contribution in [0.3, 0.4) is 0 Å². The van der Waals surface area contributed by atoms with Gasteiger partial charge in [0.25, 0.3) is 0 Å². The molecule has 1 aromatic heterocycles. The highest BCUT2D eigenvalue weighted by molar-refractivity contribution is 7.89. The van der Waals surface area contributed by atoms with Crippen molar-refractivity contribution in [1.29, 1.82) is 5.26 Å². The summed E-state index contributed by atoms with van der Waals surface area (Å²) in [5, 5.41) is 11.8. The molecule has 0 amide bonds. The number of sulfonamides is 1. The summed E-state index contributed by atoms with van der Waals surface area (Å²) in [7, 11) is -2.29. The van der Waals surface area contributed by atoms with Crippen LogP contribution in [0.1, 0.15) is 18.4 Å². The summed E-state index contributed by atoms with van der Waals surface area (Å²) in [6.45, 7) is 0. The number of hydrogen-bond donors (Lipinski definition) is 2. The third-order valence-corrected chi connectivity index (χ3v) is 5.43. The van der Waals surface area contributed by atoms with Crippen molar-refractivity contribution in [2.75, 3.05) is 12.4 Å².